The molecule has 142 valence electrons. The monoisotopic (exact) mass is 373 g/mol. The minimum Gasteiger partial charge on any atom is -0.493 e. The highest BCUT2D eigenvalue weighted by Gasteiger charge is 2.97. The van der Waals surface area contributed by atoms with Crippen LogP contribution in [0.5, 0.6) is 17.2 Å². The Balaban J connectivity index is 2.31. The van der Waals surface area contributed by atoms with E-state index in [0.29, 0.717) is 22.8 Å². The summed E-state index contributed by atoms with van der Waals surface area (Å²) in [5, 5.41) is 20.2. The average molecular weight is 373 g/mol. The molecule has 0 aromatic heterocycles. The molecule has 1 fully saturated rings. The molecule has 0 amide bonds. The molecule has 3 N–H and O–H groups in total. The third kappa shape index (κ3) is 1.80. The van der Waals surface area contributed by atoms with E-state index >= 15 is 0 Å². The van der Waals surface area contributed by atoms with Crippen LogP contribution in [0.4, 0.5) is 0 Å². The van der Waals surface area contributed by atoms with Crippen molar-refractivity contribution in [2.45, 2.75) is 11.8 Å². The van der Waals surface area contributed by atoms with Gasteiger partial charge in [-0.2, -0.15) is 10.5 Å². The zero-order valence-corrected chi connectivity index (χ0v) is 15.7. The normalized spacial score (nSPS) is 29.7. The van der Waals surface area contributed by atoms with Gasteiger partial charge in [-0.15, -0.1) is 0 Å². The number of amidine groups is 1. The number of hydrogen-bond acceptors (Lipinski definition) is 8. The predicted molar refractivity (Wildman–Crippen MR) is 91.8 cm³/mol. The van der Waals surface area contributed by atoms with Crippen molar-refractivity contribution in [2.75, 3.05) is 35.5 Å². The van der Waals surface area contributed by atoms with E-state index in [4.69, 9.17) is 29.4 Å². The first-order valence-corrected chi connectivity index (χ1v) is 8.07. The maximum Gasteiger partial charge on any atom is 0.342 e. The molecule has 0 radical (unpaired) electrons. The van der Waals surface area contributed by atoms with Gasteiger partial charge in [-0.25, -0.2) is 4.99 Å². The van der Waals surface area contributed by atoms with E-state index in [1.54, 1.807) is 12.1 Å². The van der Waals surface area contributed by atoms with Gasteiger partial charge in [0.05, 0.1) is 39.4 Å². The van der Waals surface area contributed by atoms with Gasteiger partial charge in [-0.1, -0.05) is 6.07 Å². The predicted octanol–water partition coefficient (Wildman–Crippen LogP) is -0.772. The summed E-state index contributed by atoms with van der Waals surface area (Å²) in [6.07, 6.45) is 0. The molecule has 0 unspecified atom stereocenters. The summed E-state index contributed by atoms with van der Waals surface area (Å²) >= 11 is 0. The number of hydrogen-bond donors (Lipinski definition) is 2. The zero-order valence-electron chi connectivity index (χ0n) is 15.7. The average Bonchev–Trinajstić information content (AvgIpc) is 3.28. The van der Waals surface area contributed by atoms with Crippen LogP contribution >= 0.6 is 0 Å². The summed E-state index contributed by atoms with van der Waals surface area (Å²) in [6, 6.07) is 7.86. The molecule has 0 spiro atoms. The molecule has 9 heteroatoms. The molecule has 2 aliphatic rings. The molecule has 0 saturated heterocycles. The number of nitrogens with two attached hydrogens (primary N) is 1. The molecule has 27 heavy (non-hydrogen) atoms. The van der Waals surface area contributed by atoms with Crippen molar-refractivity contribution in [2.24, 2.45) is 16.6 Å². The third-order valence-corrected chi connectivity index (χ3v) is 5.62. The Morgan fingerprint density at radius 1 is 0.963 bits per heavy atom. The fourth-order valence-electron chi connectivity index (χ4n) is 4.43. The van der Waals surface area contributed by atoms with Gasteiger partial charge in [0.1, 0.15) is 0 Å². The van der Waals surface area contributed by atoms with Crippen LogP contribution in [0, 0.1) is 33.5 Å². The number of nitrogens with one attached hydrogen (secondary N) is 1. The Kier molecular flexibility index (Phi) is 4.18. The number of rotatable bonds is 6. The van der Waals surface area contributed by atoms with Crippen molar-refractivity contribution >= 4 is 5.84 Å². The standard InChI is InChI=1S/C18H20N4O5/c1-23-11-7-6-10(12(24-2)13(11)25-3)14-16(8-19)15(21)22-18(26-4,27-5)17(14,16)9-20/h6-7,14H,1-5H3,(H2,21,22)/p+1/t14-,16+,17+/m0/s1. The van der Waals surface area contributed by atoms with Crippen LogP contribution in [-0.2, 0) is 9.47 Å². The van der Waals surface area contributed by atoms with Crippen LogP contribution in [0.25, 0.3) is 0 Å². The molecule has 3 atom stereocenters. The molecule has 9 nitrogen and oxygen atoms in total. The zero-order chi connectivity index (χ0) is 20.0. The fraction of sp³-hybridized carbons (Fsp3) is 0.500. The van der Waals surface area contributed by atoms with Gasteiger partial charge in [-0.3, -0.25) is 5.73 Å². The Bertz CT molecular complexity index is 898. The van der Waals surface area contributed by atoms with Gasteiger partial charge in [0.15, 0.2) is 22.3 Å². The molecule has 1 aliphatic carbocycles. The second-order valence-corrected chi connectivity index (χ2v) is 6.26. The maximum atomic E-state index is 10.1. The molecule has 0 bridgehead atoms. The van der Waals surface area contributed by atoms with Gasteiger partial charge in [0.2, 0.25) is 5.75 Å². The summed E-state index contributed by atoms with van der Waals surface area (Å²) in [4.78, 5) is 2.85. The molecule has 1 saturated carbocycles. The number of fused-ring (bicyclic) bond motifs is 1. The summed E-state index contributed by atoms with van der Waals surface area (Å²) in [5.41, 5.74) is 3.96. The van der Waals surface area contributed by atoms with Crippen molar-refractivity contribution in [1.29, 1.82) is 10.5 Å². The molecular weight excluding hydrogens is 352 g/mol. The first kappa shape index (κ1) is 18.8. The minimum absolute atomic E-state index is 0.108. The summed E-state index contributed by atoms with van der Waals surface area (Å²) < 4.78 is 27.3. The summed E-state index contributed by atoms with van der Waals surface area (Å²) in [5.74, 6) is -0.969. The lowest BCUT2D eigenvalue weighted by molar-refractivity contribution is -0.687. The topological polar surface area (TPSA) is 134 Å². The number of ether oxygens (including phenoxy) is 5. The number of benzene rings is 1. The number of nitriles is 2. The molecule has 1 aromatic carbocycles. The van der Waals surface area contributed by atoms with E-state index in [1.165, 1.54) is 35.5 Å². The summed E-state index contributed by atoms with van der Waals surface area (Å²) in [6.45, 7) is 0. The van der Waals surface area contributed by atoms with Crippen LogP contribution in [0.2, 0.25) is 0 Å². The van der Waals surface area contributed by atoms with Crippen molar-refractivity contribution in [1.82, 2.24) is 0 Å². The lowest BCUT2D eigenvalue weighted by atomic mass is 9.93. The highest BCUT2D eigenvalue weighted by atomic mass is 16.7. The van der Waals surface area contributed by atoms with E-state index in [2.05, 4.69) is 17.1 Å². The van der Waals surface area contributed by atoms with E-state index in [-0.39, 0.29) is 5.84 Å². The first-order chi connectivity index (χ1) is 12.9. The van der Waals surface area contributed by atoms with Crippen LogP contribution < -0.4 is 24.9 Å². The van der Waals surface area contributed by atoms with Gasteiger partial charge in [-0.05, 0) is 6.07 Å². The maximum absolute atomic E-state index is 10.1. The molecule has 3 rings (SSSR count). The molecule has 1 aromatic rings. The van der Waals surface area contributed by atoms with Crippen molar-refractivity contribution < 1.29 is 28.7 Å². The van der Waals surface area contributed by atoms with E-state index < -0.39 is 22.7 Å². The van der Waals surface area contributed by atoms with Crippen molar-refractivity contribution in [3.63, 3.8) is 0 Å². The lowest BCUT2D eigenvalue weighted by Crippen LogP contribution is -2.90. The third-order valence-electron chi connectivity index (χ3n) is 5.62. The highest BCUT2D eigenvalue weighted by molar-refractivity contribution is 5.95. The van der Waals surface area contributed by atoms with Gasteiger partial charge >= 0.3 is 5.91 Å². The Morgan fingerprint density at radius 2 is 1.59 bits per heavy atom. The second-order valence-electron chi connectivity index (χ2n) is 6.26. The van der Waals surface area contributed by atoms with Gasteiger partial charge in [0.25, 0.3) is 5.84 Å². The molecule has 1 heterocycles. The SMILES string of the molecule is COc1ccc([C@H]2[C@]3(C#N)C(N)=[NH+]C(OC)(OC)[C@]23C#N)c(OC)c1OC. The van der Waals surface area contributed by atoms with Crippen molar-refractivity contribution in [3.05, 3.63) is 17.7 Å². The fourth-order valence-corrected chi connectivity index (χ4v) is 4.43. The van der Waals surface area contributed by atoms with Crippen LogP contribution in [-0.4, -0.2) is 47.3 Å². The lowest BCUT2D eigenvalue weighted by Gasteiger charge is -2.27. The molecule has 1 aliphatic heterocycles. The van der Waals surface area contributed by atoms with Gasteiger partial charge in [0, 0.05) is 19.8 Å². The highest BCUT2D eigenvalue weighted by Crippen LogP contribution is 2.79. The van der Waals surface area contributed by atoms with Crippen LogP contribution in [0.15, 0.2) is 12.1 Å². The van der Waals surface area contributed by atoms with E-state index in [9.17, 15) is 10.5 Å². The van der Waals surface area contributed by atoms with E-state index in [0.717, 1.165) is 0 Å². The first-order valence-electron chi connectivity index (χ1n) is 8.07. The van der Waals surface area contributed by atoms with Gasteiger partial charge < -0.3 is 23.7 Å². The Labute approximate surface area is 156 Å². The van der Waals surface area contributed by atoms with Crippen molar-refractivity contribution in [3.8, 4) is 29.4 Å². The number of methoxy groups -OCH3 is 5. The molecular formula is C18H21N4O5+. The van der Waals surface area contributed by atoms with Crippen LogP contribution in [0.3, 0.4) is 0 Å². The smallest absolute Gasteiger partial charge is 0.342 e. The summed E-state index contributed by atoms with van der Waals surface area (Å²) in [7, 11) is 7.24. The largest absolute Gasteiger partial charge is 0.493 e. The number of nitrogens with zero attached hydrogens (tertiary/aromatic N) is 2. The second kappa shape index (κ2) is 6.02. The minimum atomic E-state index is -1.58. The quantitative estimate of drug-likeness (QED) is 0.621. The van der Waals surface area contributed by atoms with E-state index in [1.807, 2.05) is 0 Å². The Hall–Kier alpha value is -3.01. The van der Waals surface area contributed by atoms with Crippen LogP contribution in [0.1, 0.15) is 11.5 Å². The Morgan fingerprint density at radius 3 is 2.04 bits per heavy atom.